The Hall–Kier alpha value is -1.15. The molecule has 0 saturated heterocycles. The Morgan fingerprint density at radius 1 is 1.00 bits per heavy atom. The number of benzene rings is 2. The van der Waals surface area contributed by atoms with Gasteiger partial charge in [-0.3, -0.25) is 0 Å². The van der Waals surface area contributed by atoms with Gasteiger partial charge in [-0.1, -0.05) is 24.3 Å². The number of anilines is 1. The van der Waals surface area contributed by atoms with Gasteiger partial charge < -0.3 is 5.73 Å². The van der Waals surface area contributed by atoms with Gasteiger partial charge in [0.05, 0.1) is 0 Å². The van der Waals surface area contributed by atoms with Crippen molar-refractivity contribution in [1.82, 2.24) is 0 Å². The standard InChI is InChI=1S/C11H11NS/c1-13-11-7-3-4-8-9(11)5-2-6-10(8)12/h2-7H,12H2,1H3. The number of thioether (sulfide) groups is 1. The summed E-state index contributed by atoms with van der Waals surface area (Å²) >= 11 is 1.75. The van der Waals surface area contributed by atoms with Gasteiger partial charge in [-0.05, 0) is 23.8 Å². The molecule has 2 heteroatoms. The van der Waals surface area contributed by atoms with E-state index in [1.165, 1.54) is 10.3 Å². The third kappa shape index (κ3) is 1.38. The van der Waals surface area contributed by atoms with E-state index in [0.717, 1.165) is 11.1 Å². The molecule has 0 heterocycles. The molecular formula is C11H11NS. The van der Waals surface area contributed by atoms with Crippen LogP contribution in [0.3, 0.4) is 0 Å². The van der Waals surface area contributed by atoms with Crippen LogP contribution in [-0.4, -0.2) is 6.26 Å². The van der Waals surface area contributed by atoms with E-state index in [2.05, 4.69) is 24.5 Å². The minimum atomic E-state index is 0.855. The summed E-state index contributed by atoms with van der Waals surface area (Å²) in [7, 11) is 0. The highest BCUT2D eigenvalue weighted by atomic mass is 32.2. The van der Waals surface area contributed by atoms with Gasteiger partial charge in [-0.2, -0.15) is 0 Å². The topological polar surface area (TPSA) is 26.0 Å². The summed E-state index contributed by atoms with van der Waals surface area (Å²) in [6.07, 6.45) is 2.08. The molecule has 0 unspecified atom stereocenters. The van der Waals surface area contributed by atoms with E-state index in [-0.39, 0.29) is 0 Å². The highest BCUT2D eigenvalue weighted by molar-refractivity contribution is 7.98. The molecule has 2 N–H and O–H groups in total. The largest absolute Gasteiger partial charge is 0.398 e. The van der Waals surface area contributed by atoms with Gasteiger partial charge in [0.1, 0.15) is 0 Å². The SMILES string of the molecule is CSc1cccc2c(N)cccc12. The zero-order valence-corrected chi connectivity index (χ0v) is 8.27. The van der Waals surface area contributed by atoms with E-state index in [9.17, 15) is 0 Å². The Morgan fingerprint density at radius 3 is 2.46 bits per heavy atom. The second-order valence-corrected chi connectivity index (χ2v) is 3.75. The maximum atomic E-state index is 5.87. The van der Waals surface area contributed by atoms with Gasteiger partial charge >= 0.3 is 0 Å². The van der Waals surface area contributed by atoms with E-state index < -0.39 is 0 Å². The van der Waals surface area contributed by atoms with E-state index >= 15 is 0 Å². The molecule has 0 saturated carbocycles. The van der Waals surface area contributed by atoms with Crippen LogP contribution in [0.15, 0.2) is 41.3 Å². The number of hydrogen-bond acceptors (Lipinski definition) is 2. The lowest BCUT2D eigenvalue weighted by Crippen LogP contribution is -1.86. The van der Waals surface area contributed by atoms with Crippen LogP contribution in [-0.2, 0) is 0 Å². The minimum absolute atomic E-state index is 0.855. The van der Waals surface area contributed by atoms with E-state index in [0.29, 0.717) is 0 Å². The summed E-state index contributed by atoms with van der Waals surface area (Å²) in [5.74, 6) is 0. The fourth-order valence-electron chi connectivity index (χ4n) is 1.48. The van der Waals surface area contributed by atoms with Crippen molar-refractivity contribution in [2.24, 2.45) is 0 Å². The predicted octanol–water partition coefficient (Wildman–Crippen LogP) is 3.14. The lowest BCUT2D eigenvalue weighted by Gasteiger charge is -2.05. The molecule has 0 spiro atoms. The Bertz CT molecular complexity index is 437. The summed E-state index contributed by atoms with van der Waals surface area (Å²) < 4.78 is 0. The maximum absolute atomic E-state index is 5.87. The fourth-order valence-corrected chi connectivity index (χ4v) is 2.10. The summed E-state index contributed by atoms with van der Waals surface area (Å²) in [4.78, 5) is 1.28. The quantitative estimate of drug-likeness (QED) is 0.551. The molecule has 2 aromatic carbocycles. The van der Waals surface area contributed by atoms with Crippen LogP contribution in [0.5, 0.6) is 0 Å². The van der Waals surface area contributed by atoms with Gasteiger partial charge in [0.25, 0.3) is 0 Å². The summed E-state index contributed by atoms with van der Waals surface area (Å²) in [5, 5.41) is 2.39. The maximum Gasteiger partial charge on any atom is 0.0394 e. The van der Waals surface area contributed by atoms with Crippen molar-refractivity contribution in [2.45, 2.75) is 4.90 Å². The monoisotopic (exact) mass is 189 g/mol. The van der Waals surface area contributed by atoms with Crippen molar-refractivity contribution in [1.29, 1.82) is 0 Å². The first-order valence-corrected chi connectivity index (χ1v) is 5.36. The molecule has 0 aliphatic heterocycles. The van der Waals surface area contributed by atoms with E-state index in [1.807, 2.05) is 18.2 Å². The van der Waals surface area contributed by atoms with Crippen molar-refractivity contribution in [3.63, 3.8) is 0 Å². The lowest BCUT2D eigenvalue weighted by molar-refractivity contribution is 1.55. The third-order valence-electron chi connectivity index (χ3n) is 2.14. The number of rotatable bonds is 1. The first kappa shape index (κ1) is 8.45. The molecule has 0 aliphatic carbocycles. The number of hydrogen-bond donors (Lipinski definition) is 1. The molecule has 1 nitrogen and oxygen atoms in total. The second kappa shape index (κ2) is 3.30. The van der Waals surface area contributed by atoms with Crippen LogP contribution >= 0.6 is 11.8 Å². The number of fused-ring (bicyclic) bond motifs is 1. The van der Waals surface area contributed by atoms with Crippen molar-refractivity contribution in [2.75, 3.05) is 12.0 Å². The van der Waals surface area contributed by atoms with Crippen LogP contribution < -0.4 is 5.73 Å². The first-order valence-electron chi connectivity index (χ1n) is 4.14. The summed E-state index contributed by atoms with van der Waals surface area (Å²) in [6.45, 7) is 0. The molecule has 66 valence electrons. The van der Waals surface area contributed by atoms with Crippen LogP contribution in [0.4, 0.5) is 5.69 Å². The predicted molar refractivity (Wildman–Crippen MR) is 60.1 cm³/mol. The van der Waals surface area contributed by atoms with Crippen LogP contribution in [0.1, 0.15) is 0 Å². The van der Waals surface area contributed by atoms with Gasteiger partial charge in [-0.15, -0.1) is 11.8 Å². The molecular weight excluding hydrogens is 178 g/mol. The van der Waals surface area contributed by atoms with Gasteiger partial charge in [0.15, 0.2) is 0 Å². The summed E-state index contributed by atoms with van der Waals surface area (Å²) in [6, 6.07) is 12.3. The molecule has 0 aliphatic rings. The Kier molecular flexibility index (Phi) is 2.15. The second-order valence-electron chi connectivity index (χ2n) is 2.90. The minimum Gasteiger partial charge on any atom is -0.398 e. The highest BCUT2D eigenvalue weighted by Gasteiger charge is 2.00. The average Bonchev–Trinajstić information content (AvgIpc) is 2.18. The molecule has 0 fully saturated rings. The smallest absolute Gasteiger partial charge is 0.0394 e. The normalized spacial score (nSPS) is 10.5. The van der Waals surface area contributed by atoms with Crippen molar-refractivity contribution in [3.8, 4) is 0 Å². The summed E-state index contributed by atoms with van der Waals surface area (Å²) in [5.41, 5.74) is 6.73. The molecule has 2 rings (SSSR count). The molecule has 0 bridgehead atoms. The van der Waals surface area contributed by atoms with Crippen molar-refractivity contribution >= 4 is 28.2 Å². The zero-order valence-electron chi connectivity index (χ0n) is 7.45. The Labute approximate surface area is 81.9 Å². The van der Waals surface area contributed by atoms with Gasteiger partial charge in [0, 0.05) is 16.0 Å². The fraction of sp³-hybridized carbons (Fsp3) is 0.0909. The van der Waals surface area contributed by atoms with Gasteiger partial charge in [-0.25, -0.2) is 0 Å². The molecule has 0 radical (unpaired) electrons. The van der Waals surface area contributed by atoms with Crippen LogP contribution in [0, 0.1) is 0 Å². The van der Waals surface area contributed by atoms with E-state index in [1.54, 1.807) is 11.8 Å². The van der Waals surface area contributed by atoms with Crippen molar-refractivity contribution in [3.05, 3.63) is 36.4 Å². The lowest BCUT2D eigenvalue weighted by atomic mass is 10.1. The molecule has 0 aromatic heterocycles. The number of nitrogen functional groups attached to an aromatic ring is 1. The molecule has 0 atom stereocenters. The zero-order chi connectivity index (χ0) is 9.26. The molecule has 2 aromatic rings. The van der Waals surface area contributed by atoms with E-state index in [4.69, 9.17) is 5.73 Å². The number of nitrogens with two attached hydrogens (primary N) is 1. The first-order chi connectivity index (χ1) is 6.33. The van der Waals surface area contributed by atoms with Gasteiger partial charge in [0.2, 0.25) is 0 Å². The Morgan fingerprint density at radius 2 is 1.69 bits per heavy atom. The average molecular weight is 189 g/mol. The van der Waals surface area contributed by atoms with Crippen LogP contribution in [0.2, 0.25) is 0 Å². The highest BCUT2D eigenvalue weighted by Crippen LogP contribution is 2.29. The van der Waals surface area contributed by atoms with Crippen LogP contribution in [0.25, 0.3) is 10.8 Å². The third-order valence-corrected chi connectivity index (χ3v) is 2.93. The molecule has 0 amide bonds. The molecule has 13 heavy (non-hydrogen) atoms. The van der Waals surface area contributed by atoms with Crippen molar-refractivity contribution < 1.29 is 0 Å². The Balaban J connectivity index is 2.84.